The standard InChI is InChI=1S/C47H88N2O6/c1-7-10-13-16-19-20-21-22-23-24-25-26-27-28-31-34-37-48-46(53)49-38-42(39-50)40-54-45(52)47(5,6)41(4)44(51)55-43(35-32-29-17-14-11-8-2)36-33-30-18-15-12-9-3/h19-20,22-23,41-43,50H,7-18,21,24-40H2,1-6H3,(H2,48,49,53)/b20-19-,23-22-. The van der Waals surface area contributed by atoms with Crippen molar-refractivity contribution in [2.45, 2.75) is 215 Å². The molecule has 322 valence electrons. The van der Waals surface area contributed by atoms with E-state index >= 15 is 0 Å². The molecule has 0 heterocycles. The third-order valence-electron chi connectivity index (χ3n) is 10.9. The van der Waals surface area contributed by atoms with Gasteiger partial charge in [0, 0.05) is 19.0 Å². The highest BCUT2D eigenvalue weighted by Gasteiger charge is 2.41. The molecule has 3 N–H and O–H groups in total. The number of aliphatic hydroxyl groups is 1. The summed E-state index contributed by atoms with van der Waals surface area (Å²) in [5, 5.41) is 15.6. The van der Waals surface area contributed by atoms with E-state index in [0.717, 1.165) is 70.6 Å². The highest BCUT2D eigenvalue weighted by Crippen LogP contribution is 2.31. The predicted octanol–water partition coefficient (Wildman–Crippen LogP) is 12.3. The van der Waals surface area contributed by atoms with Gasteiger partial charge in [-0.15, -0.1) is 0 Å². The molecule has 0 radical (unpaired) electrons. The Morgan fingerprint density at radius 3 is 1.65 bits per heavy atom. The van der Waals surface area contributed by atoms with Gasteiger partial charge >= 0.3 is 18.0 Å². The summed E-state index contributed by atoms with van der Waals surface area (Å²) in [4.78, 5) is 38.9. The van der Waals surface area contributed by atoms with E-state index in [9.17, 15) is 19.5 Å². The van der Waals surface area contributed by atoms with Crippen LogP contribution in [-0.4, -0.2) is 55.5 Å². The van der Waals surface area contributed by atoms with Crippen molar-refractivity contribution in [1.82, 2.24) is 10.6 Å². The van der Waals surface area contributed by atoms with Crippen LogP contribution in [0.15, 0.2) is 24.3 Å². The third kappa shape index (κ3) is 30.5. The number of nitrogens with one attached hydrogen (secondary N) is 2. The third-order valence-corrected chi connectivity index (χ3v) is 10.9. The average molecular weight is 777 g/mol. The van der Waals surface area contributed by atoms with Gasteiger partial charge in [-0.3, -0.25) is 9.59 Å². The zero-order chi connectivity index (χ0) is 40.8. The summed E-state index contributed by atoms with van der Waals surface area (Å²) in [6.45, 7) is 12.3. The van der Waals surface area contributed by atoms with Gasteiger partial charge in [0.2, 0.25) is 0 Å². The molecule has 0 aliphatic rings. The summed E-state index contributed by atoms with van der Waals surface area (Å²) >= 11 is 0. The second-order valence-corrected chi connectivity index (χ2v) is 16.5. The Bertz CT molecular complexity index is 964. The smallest absolute Gasteiger partial charge is 0.314 e. The van der Waals surface area contributed by atoms with Gasteiger partial charge in [-0.2, -0.15) is 0 Å². The molecule has 8 heteroatoms. The molecule has 2 unspecified atom stereocenters. The highest BCUT2D eigenvalue weighted by molar-refractivity contribution is 5.84. The number of unbranched alkanes of at least 4 members (excludes halogenated alkanes) is 19. The molecule has 0 aliphatic heterocycles. The molecule has 0 bridgehead atoms. The number of ether oxygens (including phenoxy) is 2. The number of aliphatic hydroxyl groups excluding tert-OH is 1. The van der Waals surface area contributed by atoms with Crippen molar-refractivity contribution in [3.05, 3.63) is 24.3 Å². The molecule has 0 saturated heterocycles. The first-order chi connectivity index (χ1) is 26.6. The van der Waals surface area contributed by atoms with Gasteiger partial charge in [0.05, 0.1) is 24.5 Å². The molecule has 0 saturated carbocycles. The van der Waals surface area contributed by atoms with Crippen LogP contribution in [0, 0.1) is 17.3 Å². The summed E-state index contributed by atoms with van der Waals surface area (Å²) < 4.78 is 11.7. The zero-order valence-corrected chi connectivity index (χ0v) is 36.7. The highest BCUT2D eigenvalue weighted by atomic mass is 16.5. The van der Waals surface area contributed by atoms with Crippen LogP contribution in [-0.2, 0) is 19.1 Å². The molecular formula is C47H88N2O6. The van der Waals surface area contributed by atoms with E-state index in [-0.39, 0.29) is 37.9 Å². The van der Waals surface area contributed by atoms with E-state index in [1.807, 2.05) is 0 Å². The SMILES string of the molecule is CCCCC/C=C\C/C=C\CCCCCCCCNC(=O)NCC(CO)COC(=O)C(C)(C)C(C)C(=O)OC(CCCCCCCC)CCCCCCCC. The molecule has 55 heavy (non-hydrogen) atoms. The second kappa shape index (κ2) is 37.2. The first-order valence-corrected chi connectivity index (χ1v) is 22.9. The van der Waals surface area contributed by atoms with E-state index in [2.05, 4.69) is 55.7 Å². The molecule has 0 aromatic heterocycles. The largest absolute Gasteiger partial charge is 0.465 e. The Morgan fingerprint density at radius 1 is 0.636 bits per heavy atom. The van der Waals surface area contributed by atoms with Gasteiger partial charge in [-0.05, 0) is 78.1 Å². The lowest BCUT2D eigenvalue weighted by atomic mass is 9.80. The fourth-order valence-electron chi connectivity index (χ4n) is 6.47. The van der Waals surface area contributed by atoms with Crippen molar-refractivity contribution in [1.29, 1.82) is 0 Å². The molecule has 0 fully saturated rings. The molecule has 0 aliphatic carbocycles. The number of esters is 2. The van der Waals surface area contributed by atoms with Gasteiger partial charge in [0.25, 0.3) is 0 Å². The maximum absolute atomic E-state index is 13.4. The van der Waals surface area contributed by atoms with E-state index in [1.54, 1.807) is 20.8 Å². The molecule has 2 amide bonds. The molecule has 0 rings (SSSR count). The minimum Gasteiger partial charge on any atom is -0.465 e. The van der Waals surface area contributed by atoms with Gasteiger partial charge in [0.1, 0.15) is 6.10 Å². The van der Waals surface area contributed by atoms with Crippen LogP contribution in [0.25, 0.3) is 0 Å². The average Bonchev–Trinajstić information content (AvgIpc) is 3.17. The summed E-state index contributed by atoms with van der Waals surface area (Å²) in [6, 6.07) is -0.291. The number of amides is 2. The van der Waals surface area contributed by atoms with Crippen LogP contribution < -0.4 is 10.6 Å². The Morgan fingerprint density at radius 2 is 1.11 bits per heavy atom. The maximum atomic E-state index is 13.4. The van der Waals surface area contributed by atoms with Crippen LogP contribution in [0.4, 0.5) is 4.79 Å². The number of urea groups is 1. The summed E-state index contributed by atoms with van der Waals surface area (Å²) in [6.07, 6.45) is 39.2. The van der Waals surface area contributed by atoms with E-state index in [4.69, 9.17) is 9.47 Å². The van der Waals surface area contributed by atoms with Gasteiger partial charge < -0.3 is 25.2 Å². The Balaban J connectivity index is 4.42. The van der Waals surface area contributed by atoms with Crippen molar-refractivity contribution in [2.75, 3.05) is 26.3 Å². The van der Waals surface area contributed by atoms with Gasteiger partial charge in [-0.25, -0.2) is 4.79 Å². The van der Waals surface area contributed by atoms with E-state index in [0.29, 0.717) is 6.54 Å². The number of carbonyl (C=O) groups excluding carboxylic acids is 3. The topological polar surface area (TPSA) is 114 Å². The van der Waals surface area contributed by atoms with Crippen LogP contribution in [0.3, 0.4) is 0 Å². The van der Waals surface area contributed by atoms with E-state index < -0.39 is 23.2 Å². The zero-order valence-electron chi connectivity index (χ0n) is 36.7. The lowest BCUT2D eigenvalue weighted by molar-refractivity contribution is -0.170. The lowest BCUT2D eigenvalue weighted by Gasteiger charge is -2.30. The monoisotopic (exact) mass is 777 g/mol. The van der Waals surface area contributed by atoms with Crippen molar-refractivity contribution in [3.8, 4) is 0 Å². The van der Waals surface area contributed by atoms with Crippen molar-refractivity contribution < 1.29 is 29.0 Å². The molecular weight excluding hydrogens is 689 g/mol. The number of hydrogen-bond acceptors (Lipinski definition) is 6. The quantitative estimate of drug-likeness (QED) is 0.0327. The summed E-state index contributed by atoms with van der Waals surface area (Å²) in [5.41, 5.74) is -1.10. The fraction of sp³-hybridized carbons (Fsp3) is 0.851. The summed E-state index contributed by atoms with van der Waals surface area (Å²) in [7, 11) is 0. The van der Waals surface area contributed by atoms with Gasteiger partial charge in [-0.1, -0.05) is 155 Å². The molecule has 2 atom stereocenters. The van der Waals surface area contributed by atoms with E-state index in [1.165, 1.54) is 96.3 Å². The van der Waals surface area contributed by atoms with Crippen LogP contribution in [0.5, 0.6) is 0 Å². The molecule has 8 nitrogen and oxygen atoms in total. The van der Waals surface area contributed by atoms with Crippen molar-refractivity contribution in [3.63, 3.8) is 0 Å². The Hall–Kier alpha value is -2.35. The fourth-order valence-corrected chi connectivity index (χ4v) is 6.47. The minimum atomic E-state index is -1.10. The minimum absolute atomic E-state index is 0.0501. The number of rotatable bonds is 38. The molecule has 0 aromatic rings. The van der Waals surface area contributed by atoms with Crippen LogP contribution >= 0.6 is 0 Å². The summed E-state index contributed by atoms with van der Waals surface area (Å²) in [5.74, 6) is -2.01. The molecule has 0 spiro atoms. The Kier molecular flexibility index (Phi) is 35.6. The number of carbonyl (C=O) groups is 3. The van der Waals surface area contributed by atoms with Crippen molar-refractivity contribution >= 4 is 18.0 Å². The maximum Gasteiger partial charge on any atom is 0.314 e. The second-order valence-electron chi connectivity index (χ2n) is 16.5. The lowest BCUT2D eigenvalue weighted by Crippen LogP contribution is -2.42. The Labute approximate surface area is 339 Å². The van der Waals surface area contributed by atoms with Crippen LogP contribution in [0.1, 0.15) is 208 Å². The number of hydrogen-bond donors (Lipinski definition) is 3. The predicted molar refractivity (Wildman–Crippen MR) is 231 cm³/mol. The number of allylic oxidation sites excluding steroid dienone is 4. The first kappa shape index (κ1) is 52.6. The molecule has 0 aromatic carbocycles. The van der Waals surface area contributed by atoms with Crippen LogP contribution in [0.2, 0.25) is 0 Å². The van der Waals surface area contributed by atoms with Gasteiger partial charge in [0.15, 0.2) is 0 Å². The first-order valence-electron chi connectivity index (χ1n) is 22.9. The normalized spacial score (nSPS) is 13.1. The van der Waals surface area contributed by atoms with Crippen molar-refractivity contribution in [2.24, 2.45) is 17.3 Å².